The third-order valence-corrected chi connectivity index (χ3v) is 4.80. The lowest BCUT2D eigenvalue weighted by molar-refractivity contribution is -0.122. The number of hydrogen-bond donors (Lipinski definition) is 1. The van der Waals surface area contributed by atoms with Crippen molar-refractivity contribution in [1.82, 2.24) is 9.78 Å². The molecule has 2 amide bonds. The Morgan fingerprint density at radius 2 is 2.24 bits per heavy atom. The van der Waals surface area contributed by atoms with Crippen LogP contribution in [0, 0.1) is 5.92 Å². The van der Waals surface area contributed by atoms with Gasteiger partial charge in [-0.15, -0.1) is 0 Å². The second-order valence-corrected chi connectivity index (χ2v) is 7.08. The summed E-state index contributed by atoms with van der Waals surface area (Å²) in [7, 11) is 0. The highest BCUT2D eigenvalue weighted by Gasteiger charge is 2.35. The third kappa shape index (κ3) is 4.10. The zero-order chi connectivity index (χ0) is 17.8. The number of carbonyl (C=O) groups excluding carboxylic acids is 2. The number of rotatable bonds is 6. The number of nitrogens with zero attached hydrogens (tertiary/aromatic N) is 3. The molecule has 25 heavy (non-hydrogen) atoms. The zero-order valence-electron chi connectivity index (χ0n) is 14.1. The predicted molar refractivity (Wildman–Crippen MR) is 100 cm³/mol. The van der Waals surface area contributed by atoms with Gasteiger partial charge < -0.3 is 10.2 Å². The van der Waals surface area contributed by atoms with Crippen molar-refractivity contribution in [2.75, 3.05) is 16.8 Å². The van der Waals surface area contributed by atoms with Gasteiger partial charge in [-0.25, -0.2) is 4.68 Å². The topological polar surface area (TPSA) is 67.2 Å². The van der Waals surface area contributed by atoms with E-state index in [1.807, 2.05) is 24.3 Å². The molecular weight excluding hydrogens is 384 g/mol. The Labute approximate surface area is 155 Å². The predicted octanol–water partition coefficient (Wildman–Crippen LogP) is 3.44. The summed E-state index contributed by atoms with van der Waals surface area (Å²) < 4.78 is 2.70. The second-order valence-electron chi connectivity index (χ2n) is 6.17. The van der Waals surface area contributed by atoms with E-state index < -0.39 is 0 Å². The van der Waals surface area contributed by atoms with Gasteiger partial charge in [0.15, 0.2) is 0 Å². The monoisotopic (exact) mass is 404 g/mol. The molecule has 6 nitrogen and oxygen atoms in total. The molecule has 1 fully saturated rings. The first-order valence-electron chi connectivity index (χ1n) is 8.47. The largest absolute Gasteiger partial charge is 0.312 e. The van der Waals surface area contributed by atoms with Crippen molar-refractivity contribution in [2.24, 2.45) is 5.92 Å². The molecule has 1 atom stereocenters. The van der Waals surface area contributed by atoms with Crippen LogP contribution in [0.1, 0.15) is 26.2 Å². The van der Waals surface area contributed by atoms with Crippen LogP contribution in [0.5, 0.6) is 0 Å². The first kappa shape index (κ1) is 17.7. The molecule has 0 bridgehead atoms. The van der Waals surface area contributed by atoms with Crippen LogP contribution in [0.2, 0.25) is 0 Å². The molecule has 1 saturated heterocycles. The molecule has 1 aliphatic heterocycles. The van der Waals surface area contributed by atoms with Crippen LogP contribution in [-0.2, 0) is 16.1 Å². The molecule has 2 heterocycles. The van der Waals surface area contributed by atoms with E-state index in [4.69, 9.17) is 0 Å². The van der Waals surface area contributed by atoms with E-state index in [0.29, 0.717) is 12.4 Å². The number of amides is 2. The van der Waals surface area contributed by atoms with E-state index >= 15 is 0 Å². The Bertz CT molecular complexity index is 774. The molecule has 0 unspecified atom stereocenters. The zero-order valence-corrected chi connectivity index (χ0v) is 15.7. The molecule has 132 valence electrons. The van der Waals surface area contributed by atoms with Crippen molar-refractivity contribution in [3.8, 4) is 0 Å². The molecule has 1 aromatic heterocycles. The highest BCUT2D eigenvalue weighted by atomic mass is 79.9. The fourth-order valence-electron chi connectivity index (χ4n) is 2.93. The fourth-order valence-corrected chi connectivity index (χ4v) is 3.32. The number of unbranched alkanes of at least 4 members (excludes halogenated alkanes) is 1. The average Bonchev–Trinajstić information content (AvgIpc) is 3.19. The van der Waals surface area contributed by atoms with Gasteiger partial charge in [0.25, 0.3) is 0 Å². The van der Waals surface area contributed by atoms with Gasteiger partial charge in [0, 0.05) is 35.7 Å². The van der Waals surface area contributed by atoms with E-state index in [9.17, 15) is 9.59 Å². The minimum Gasteiger partial charge on any atom is -0.312 e. The maximum Gasteiger partial charge on any atom is 0.230 e. The Kier molecular flexibility index (Phi) is 5.53. The van der Waals surface area contributed by atoms with Gasteiger partial charge in [-0.1, -0.05) is 35.3 Å². The minimum absolute atomic E-state index is 0.0299. The Balaban J connectivity index is 1.66. The SMILES string of the molecule is CCCCn1nccc1NC(=O)[C@@H]1CC(=O)N(c2cccc(Br)c2)C1. The van der Waals surface area contributed by atoms with Crippen LogP contribution < -0.4 is 10.2 Å². The quantitative estimate of drug-likeness (QED) is 0.801. The summed E-state index contributed by atoms with van der Waals surface area (Å²) in [5.41, 5.74) is 0.808. The molecule has 0 saturated carbocycles. The number of aromatic nitrogens is 2. The molecule has 1 aliphatic rings. The molecular formula is C18H21BrN4O2. The van der Waals surface area contributed by atoms with Gasteiger partial charge in [0.2, 0.25) is 11.8 Å². The number of aryl methyl sites for hydroxylation is 1. The summed E-state index contributed by atoms with van der Waals surface area (Å²) in [6.45, 7) is 3.28. The molecule has 1 aromatic carbocycles. The van der Waals surface area contributed by atoms with Gasteiger partial charge in [-0.3, -0.25) is 9.59 Å². The van der Waals surface area contributed by atoms with Crippen LogP contribution in [0.15, 0.2) is 41.0 Å². The standard InChI is InChI=1S/C18H21BrN4O2/c1-2-3-9-23-16(7-8-20-23)21-18(25)13-10-17(24)22(12-13)15-6-4-5-14(19)11-15/h4-8,11,13H,2-3,9-10,12H2,1H3,(H,21,25)/t13-/m1/s1. The lowest BCUT2D eigenvalue weighted by Gasteiger charge is -2.17. The van der Waals surface area contributed by atoms with Gasteiger partial charge in [-0.2, -0.15) is 5.10 Å². The normalized spacial score (nSPS) is 17.1. The molecule has 1 N–H and O–H groups in total. The number of benzene rings is 1. The summed E-state index contributed by atoms with van der Waals surface area (Å²) in [5, 5.41) is 7.16. The molecule has 0 aliphatic carbocycles. The molecule has 7 heteroatoms. The Hall–Kier alpha value is -2.15. The van der Waals surface area contributed by atoms with Crippen LogP contribution in [0.3, 0.4) is 0 Å². The summed E-state index contributed by atoms with van der Waals surface area (Å²) >= 11 is 3.41. The molecule has 0 spiro atoms. The number of halogens is 1. The van der Waals surface area contributed by atoms with E-state index in [1.165, 1.54) is 0 Å². The van der Waals surface area contributed by atoms with Crippen molar-refractivity contribution in [3.63, 3.8) is 0 Å². The Morgan fingerprint density at radius 1 is 1.40 bits per heavy atom. The van der Waals surface area contributed by atoms with E-state index in [-0.39, 0.29) is 24.2 Å². The van der Waals surface area contributed by atoms with Crippen LogP contribution in [0.25, 0.3) is 0 Å². The average molecular weight is 405 g/mol. The van der Waals surface area contributed by atoms with E-state index in [2.05, 4.69) is 33.3 Å². The van der Waals surface area contributed by atoms with Gasteiger partial charge in [-0.05, 0) is 24.6 Å². The summed E-state index contributed by atoms with van der Waals surface area (Å²) in [4.78, 5) is 26.6. The smallest absolute Gasteiger partial charge is 0.230 e. The number of anilines is 2. The summed E-state index contributed by atoms with van der Waals surface area (Å²) in [6, 6.07) is 9.34. The van der Waals surface area contributed by atoms with Crippen LogP contribution >= 0.6 is 15.9 Å². The van der Waals surface area contributed by atoms with Gasteiger partial charge in [0.05, 0.1) is 12.1 Å². The summed E-state index contributed by atoms with van der Waals surface area (Å²) in [6.07, 6.45) is 3.97. The summed E-state index contributed by atoms with van der Waals surface area (Å²) in [5.74, 6) is 0.162. The fraction of sp³-hybridized carbons (Fsp3) is 0.389. The van der Waals surface area contributed by atoms with E-state index in [0.717, 1.165) is 29.5 Å². The van der Waals surface area contributed by atoms with Crippen molar-refractivity contribution in [3.05, 3.63) is 41.0 Å². The van der Waals surface area contributed by atoms with Gasteiger partial charge >= 0.3 is 0 Å². The molecule has 2 aromatic rings. The van der Waals surface area contributed by atoms with Crippen molar-refractivity contribution < 1.29 is 9.59 Å². The van der Waals surface area contributed by atoms with Crippen molar-refractivity contribution >= 4 is 39.2 Å². The highest BCUT2D eigenvalue weighted by molar-refractivity contribution is 9.10. The highest BCUT2D eigenvalue weighted by Crippen LogP contribution is 2.28. The molecule has 0 radical (unpaired) electrons. The van der Waals surface area contributed by atoms with E-state index in [1.54, 1.807) is 21.8 Å². The van der Waals surface area contributed by atoms with Crippen molar-refractivity contribution in [2.45, 2.75) is 32.7 Å². The third-order valence-electron chi connectivity index (χ3n) is 4.31. The first-order chi connectivity index (χ1) is 12.1. The maximum atomic E-state index is 12.6. The minimum atomic E-state index is -0.360. The Morgan fingerprint density at radius 3 is 3.00 bits per heavy atom. The molecule has 3 rings (SSSR count). The number of carbonyl (C=O) groups is 2. The number of nitrogens with one attached hydrogen (secondary N) is 1. The first-order valence-corrected chi connectivity index (χ1v) is 9.26. The van der Waals surface area contributed by atoms with Gasteiger partial charge in [0.1, 0.15) is 5.82 Å². The second kappa shape index (κ2) is 7.82. The lowest BCUT2D eigenvalue weighted by atomic mass is 10.1. The van der Waals surface area contributed by atoms with Crippen molar-refractivity contribution in [1.29, 1.82) is 0 Å². The lowest BCUT2D eigenvalue weighted by Crippen LogP contribution is -2.28. The van der Waals surface area contributed by atoms with Crippen LogP contribution in [0.4, 0.5) is 11.5 Å². The number of hydrogen-bond acceptors (Lipinski definition) is 3. The van der Waals surface area contributed by atoms with Crippen LogP contribution in [-0.4, -0.2) is 28.1 Å². The maximum absolute atomic E-state index is 12.6.